The number of nitrogens with zero attached hydrogens (tertiary/aromatic N) is 1. The SMILES string of the molecule is CC[C@H](C)[C@H](NC(=O)[C@@H]1CCCN1CC(O)[C@H](CC(C)C)NC(=O)[C@H](CC(N)=O)NC(=O)[C@H](CC(C)C)NC(C)=O)C(=O)N[C@H](C(=O)OC)C(C)C. The molecule has 6 amide bonds. The van der Waals surface area contributed by atoms with E-state index in [0.717, 1.165) is 0 Å². The Morgan fingerprint density at radius 1 is 0.808 bits per heavy atom. The van der Waals surface area contributed by atoms with Crippen molar-refractivity contribution in [3.63, 3.8) is 0 Å². The van der Waals surface area contributed by atoms with Crippen LogP contribution in [0.15, 0.2) is 0 Å². The third-order valence-corrected chi connectivity index (χ3v) is 9.26. The molecule has 0 aromatic rings. The van der Waals surface area contributed by atoms with Crippen LogP contribution in [-0.4, -0.2) is 114 Å². The molecule has 0 radical (unpaired) electrons. The Labute approximate surface area is 308 Å². The summed E-state index contributed by atoms with van der Waals surface area (Å²) in [5.74, 6) is -4.56. The Morgan fingerprint density at radius 3 is 1.90 bits per heavy atom. The number of primary amides is 1. The Balaban J connectivity index is 3.17. The van der Waals surface area contributed by atoms with E-state index in [-0.39, 0.29) is 30.2 Å². The second kappa shape index (κ2) is 22.3. The van der Waals surface area contributed by atoms with Gasteiger partial charge in [0.15, 0.2) is 0 Å². The summed E-state index contributed by atoms with van der Waals surface area (Å²) in [7, 11) is 1.24. The van der Waals surface area contributed by atoms with Gasteiger partial charge in [-0.15, -0.1) is 0 Å². The van der Waals surface area contributed by atoms with E-state index >= 15 is 0 Å². The quantitative estimate of drug-likeness (QED) is 0.0740. The first-order valence-corrected chi connectivity index (χ1v) is 18.5. The van der Waals surface area contributed by atoms with Gasteiger partial charge < -0.3 is 42.2 Å². The zero-order chi connectivity index (χ0) is 39.9. The predicted octanol–water partition coefficient (Wildman–Crippen LogP) is 0.0983. The molecule has 1 unspecified atom stereocenters. The molecule has 0 aromatic heterocycles. The van der Waals surface area contributed by atoms with E-state index in [9.17, 15) is 38.7 Å². The number of carbonyl (C=O) groups excluding carboxylic acids is 7. The average molecular weight is 740 g/mol. The van der Waals surface area contributed by atoms with Crippen LogP contribution in [0, 0.1) is 23.7 Å². The van der Waals surface area contributed by atoms with Crippen LogP contribution in [0.5, 0.6) is 0 Å². The van der Waals surface area contributed by atoms with Crippen molar-refractivity contribution < 1.29 is 43.4 Å². The van der Waals surface area contributed by atoms with Crippen molar-refractivity contribution in [3.05, 3.63) is 0 Å². The molecule has 0 bridgehead atoms. The summed E-state index contributed by atoms with van der Waals surface area (Å²) in [5, 5.41) is 25.0. The third kappa shape index (κ3) is 15.4. The molecule has 0 spiro atoms. The Hall–Kier alpha value is -3.79. The highest BCUT2D eigenvalue weighted by atomic mass is 16.5. The van der Waals surface area contributed by atoms with Gasteiger partial charge in [0.2, 0.25) is 35.4 Å². The number of carbonyl (C=O) groups is 7. The number of methoxy groups -OCH3 is 1. The number of amides is 6. The van der Waals surface area contributed by atoms with E-state index in [4.69, 9.17) is 10.5 Å². The van der Waals surface area contributed by atoms with Crippen molar-refractivity contribution in [2.45, 2.75) is 143 Å². The molecule has 8 N–H and O–H groups in total. The third-order valence-electron chi connectivity index (χ3n) is 9.26. The van der Waals surface area contributed by atoms with Crippen LogP contribution in [-0.2, 0) is 38.3 Å². The van der Waals surface area contributed by atoms with Gasteiger partial charge in [0.25, 0.3) is 0 Å². The van der Waals surface area contributed by atoms with Gasteiger partial charge >= 0.3 is 5.97 Å². The highest BCUT2D eigenvalue weighted by molar-refractivity contribution is 5.94. The minimum absolute atomic E-state index is 0.0134. The summed E-state index contributed by atoms with van der Waals surface area (Å²) in [6.45, 7) is 16.6. The molecule has 298 valence electrons. The zero-order valence-corrected chi connectivity index (χ0v) is 32.7. The van der Waals surface area contributed by atoms with Crippen LogP contribution >= 0.6 is 0 Å². The number of hydrogen-bond acceptors (Lipinski definition) is 10. The number of aliphatic hydroxyl groups excluding tert-OH is 1. The number of esters is 1. The molecule has 0 aliphatic carbocycles. The largest absolute Gasteiger partial charge is 0.467 e. The maximum absolute atomic E-state index is 13.7. The van der Waals surface area contributed by atoms with Crippen molar-refractivity contribution in [2.24, 2.45) is 29.4 Å². The van der Waals surface area contributed by atoms with Crippen LogP contribution in [0.2, 0.25) is 0 Å². The molecule has 1 aliphatic rings. The first-order valence-electron chi connectivity index (χ1n) is 18.5. The molecule has 1 rings (SSSR count). The number of nitrogens with two attached hydrogens (primary N) is 1. The fraction of sp³-hybridized carbons (Fsp3) is 0.806. The summed E-state index contributed by atoms with van der Waals surface area (Å²) in [6.07, 6.45) is 0.683. The number of ether oxygens (including phenoxy) is 1. The normalized spacial score (nSPS) is 18.8. The van der Waals surface area contributed by atoms with Gasteiger partial charge in [-0.05, 0) is 55.9 Å². The molecule has 1 saturated heterocycles. The molecule has 16 heteroatoms. The summed E-state index contributed by atoms with van der Waals surface area (Å²) in [5.41, 5.74) is 5.43. The van der Waals surface area contributed by atoms with Crippen molar-refractivity contribution in [1.29, 1.82) is 0 Å². The van der Waals surface area contributed by atoms with Crippen LogP contribution < -0.4 is 32.3 Å². The first kappa shape index (κ1) is 46.2. The number of rotatable bonds is 22. The highest BCUT2D eigenvalue weighted by Crippen LogP contribution is 2.21. The summed E-state index contributed by atoms with van der Waals surface area (Å²) < 4.78 is 4.85. The number of likely N-dealkylation sites (tertiary alicyclic amines) is 1. The lowest BCUT2D eigenvalue weighted by molar-refractivity contribution is -0.147. The molecule has 0 aromatic carbocycles. The van der Waals surface area contributed by atoms with Crippen molar-refractivity contribution in [1.82, 2.24) is 31.5 Å². The Bertz CT molecular complexity index is 1230. The lowest BCUT2D eigenvalue weighted by Crippen LogP contribution is -2.59. The summed E-state index contributed by atoms with van der Waals surface area (Å²) in [4.78, 5) is 91.6. The first-order chi connectivity index (χ1) is 24.2. The van der Waals surface area contributed by atoms with E-state index in [0.29, 0.717) is 38.6 Å². The van der Waals surface area contributed by atoms with E-state index in [2.05, 4.69) is 26.6 Å². The van der Waals surface area contributed by atoms with Gasteiger partial charge in [0.1, 0.15) is 24.2 Å². The molecule has 1 aliphatic heterocycles. The molecule has 52 heavy (non-hydrogen) atoms. The van der Waals surface area contributed by atoms with Crippen LogP contribution in [0.4, 0.5) is 0 Å². The minimum atomic E-state index is -1.36. The number of β-amino-alcohol motifs (C(OH)–C–C–N with tert-alkyl or cyclic N) is 1. The zero-order valence-electron chi connectivity index (χ0n) is 32.7. The van der Waals surface area contributed by atoms with Gasteiger partial charge in [-0.2, -0.15) is 0 Å². The molecule has 8 atom stereocenters. The Morgan fingerprint density at radius 2 is 1.40 bits per heavy atom. The smallest absolute Gasteiger partial charge is 0.328 e. The van der Waals surface area contributed by atoms with E-state index < -0.39 is 90.2 Å². The topological polar surface area (TPSA) is 238 Å². The molecular formula is C36H65N7O9. The van der Waals surface area contributed by atoms with Crippen molar-refractivity contribution in [3.8, 4) is 0 Å². The van der Waals surface area contributed by atoms with Gasteiger partial charge in [0, 0.05) is 13.5 Å². The van der Waals surface area contributed by atoms with E-state index in [1.54, 1.807) is 13.8 Å². The average Bonchev–Trinajstić information content (AvgIpc) is 3.51. The van der Waals surface area contributed by atoms with Crippen molar-refractivity contribution in [2.75, 3.05) is 20.2 Å². The molecule has 1 heterocycles. The van der Waals surface area contributed by atoms with Gasteiger partial charge in [-0.25, -0.2) is 4.79 Å². The standard InChI is InChI=1S/C36H65N7O9/c1-11-22(8)31(35(50)41-30(21(6)7)36(51)52-10)42-34(49)27-13-12-14-43(27)18-28(45)24(15-19(2)3)39-33(48)26(17-29(37)46)40-32(47)25(16-20(4)5)38-23(9)44/h19-22,24-28,30-31,45H,11-18H2,1-10H3,(H2,37,46)(H,38,44)(H,39,48)(H,40,47)(H,41,50)(H,42,49)/t22-,24-,25-,26-,27-,28?,30-,31-/m0/s1. The predicted molar refractivity (Wildman–Crippen MR) is 195 cm³/mol. The molecular weight excluding hydrogens is 674 g/mol. The monoisotopic (exact) mass is 739 g/mol. The van der Waals surface area contributed by atoms with Crippen LogP contribution in [0.1, 0.15) is 101 Å². The summed E-state index contributed by atoms with van der Waals surface area (Å²) >= 11 is 0. The highest BCUT2D eigenvalue weighted by Gasteiger charge is 2.38. The maximum Gasteiger partial charge on any atom is 0.328 e. The van der Waals surface area contributed by atoms with Gasteiger partial charge in [-0.3, -0.25) is 33.7 Å². The maximum atomic E-state index is 13.7. The lowest BCUT2D eigenvalue weighted by Gasteiger charge is -2.33. The second-order valence-electron chi connectivity index (χ2n) is 15.2. The number of hydrogen-bond donors (Lipinski definition) is 7. The minimum Gasteiger partial charge on any atom is -0.467 e. The number of aliphatic hydroxyl groups is 1. The molecule has 0 saturated carbocycles. The van der Waals surface area contributed by atoms with Crippen LogP contribution in [0.25, 0.3) is 0 Å². The van der Waals surface area contributed by atoms with E-state index in [1.165, 1.54) is 14.0 Å². The lowest BCUT2D eigenvalue weighted by atomic mass is 9.96. The molecule has 1 fully saturated rings. The number of nitrogens with one attached hydrogen (secondary N) is 5. The fourth-order valence-electron chi connectivity index (χ4n) is 6.26. The summed E-state index contributed by atoms with van der Waals surface area (Å²) in [6, 6.07) is -5.60. The molecule has 16 nitrogen and oxygen atoms in total. The Kier molecular flexibility index (Phi) is 19.8. The second-order valence-corrected chi connectivity index (χ2v) is 15.2. The van der Waals surface area contributed by atoms with E-state index in [1.807, 2.05) is 46.4 Å². The van der Waals surface area contributed by atoms with Gasteiger partial charge in [0.05, 0.1) is 31.7 Å². The van der Waals surface area contributed by atoms with Crippen molar-refractivity contribution >= 4 is 41.4 Å². The van der Waals surface area contributed by atoms with Gasteiger partial charge in [-0.1, -0.05) is 61.8 Å². The van der Waals surface area contributed by atoms with Crippen LogP contribution in [0.3, 0.4) is 0 Å². The fourth-order valence-corrected chi connectivity index (χ4v) is 6.26.